The summed E-state index contributed by atoms with van der Waals surface area (Å²) in [6.45, 7) is 1.83. The molecule has 0 saturated heterocycles. The van der Waals surface area contributed by atoms with Crippen LogP contribution in [0.25, 0.3) is 11.0 Å². The van der Waals surface area contributed by atoms with Gasteiger partial charge in [-0.3, -0.25) is 4.79 Å². The molecular formula is C22H16F3N3O2. The van der Waals surface area contributed by atoms with Crippen molar-refractivity contribution < 1.29 is 22.7 Å². The van der Waals surface area contributed by atoms with Gasteiger partial charge in [-0.15, -0.1) is 0 Å². The Morgan fingerprint density at radius 1 is 1.07 bits per heavy atom. The second-order valence-electron chi connectivity index (χ2n) is 6.66. The largest absolute Gasteiger partial charge is 0.456 e. The van der Waals surface area contributed by atoms with Crippen LogP contribution in [0.1, 0.15) is 21.5 Å². The molecule has 0 aliphatic carbocycles. The maximum atomic E-state index is 12.9. The van der Waals surface area contributed by atoms with Crippen molar-refractivity contribution in [2.24, 2.45) is 0 Å². The van der Waals surface area contributed by atoms with Crippen molar-refractivity contribution in [1.82, 2.24) is 9.97 Å². The van der Waals surface area contributed by atoms with Gasteiger partial charge in [-0.1, -0.05) is 12.1 Å². The van der Waals surface area contributed by atoms with Crippen LogP contribution in [-0.4, -0.2) is 15.9 Å². The molecule has 2 N–H and O–H groups in total. The molecule has 1 amide bonds. The van der Waals surface area contributed by atoms with E-state index in [0.717, 1.165) is 23.1 Å². The van der Waals surface area contributed by atoms with Gasteiger partial charge in [0.05, 0.1) is 10.9 Å². The van der Waals surface area contributed by atoms with Crippen molar-refractivity contribution in [3.63, 3.8) is 0 Å². The molecule has 2 heterocycles. The molecule has 0 saturated carbocycles. The Labute approximate surface area is 169 Å². The van der Waals surface area contributed by atoms with Crippen LogP contribution in [0.3, 0.4) is 0 Å². The number of carbonyl (C=O) groups is 1. The SMILES string of the molecule is Cc1ccc(C(=O)Nc2cccc(C(F)(F)F)c2)cc1Oc1ccnc2[nH]ccc12. The number of hydrogen-bond acceptors (Lipinski definition) is 3. The third-order valence-electron chi connectivity index (χ3n) is 4.54. The quantitative estimate of drug-likeness (QED) is 0.437. The van der Waals surface area contributed by atoms with Gasteiger partial charge in [-0.2, -0.15) is 13.2 Å². The number of ether oxygens (including phenoxy) is 1. The number of rotatable bonds is 4. The summed E-state index contributed by atoms with van der Waals surface area (Å²) < 4.78 is 44.6. The number of aromatic amines is 1. The van der Waals surface area contributed by atoms with Crippen molar-refractivity contribution in [2.45, 2.75) is 13.1 Å². The number of pyridine rings is 1. The van der Waals surface area contributed by atoms with Crippen molar-refractivity contribution in [3.05, 3.63) is 83.7 Å². The number of amides is 1. The van der Waals surface area contributed by atoms with Gasteiger partial charge in [-0.25, -0.2) is 4.98 Å². The van der Waals surface area contributed by atoms with Crippen molar-refractivity contribution in [3.8, 4) is 11.5 Å². The number of nitrogens with one attached hydrogen (secondary N) is 2. The van der Waals surface area contributed by atoms with Crippen LogP contribution in [-0.2, 0) is 6.18 Å². The predicted molar refractivity (Wildman–Crippen MR) is 107 cm³/mol. The summed E-state index contributed by atoms with van der Waals surface area (Å²) >= 11 is 0. The number of nitrogens with zero attached hydrogens (tertiary/aromatic N) is 1. The van der Waals surface area contributed by atoms with Gasteiger partial charge in [-0.05, 0) is 55.0 Å². The van der Waals surface area contributed by atoms with Crippen molar-refractivity contribution in [2.75, 3.05) is 5.32 Å². The fourth-order valence-electron chi connectivity index (χ4n) is 2.97. The van der Waals surface area contributed by atoms with Crippen LogP contribution >= 0.6 is 0 Å². The molecule has 0 aliphatic rings. The molecule has 0 atom stereocenters. The van der Waals surface area contributed by atoms with Crippen LogP contribution in [0.15, 0.2) is 67.0 Å². The third kappa shape index (κ3) is 3.98. The lowest BCUT2D eigenvalue weighted by molar-refractivity contribution is -0.137. The Morgan fingerprint density at radius 3 is 2.70 bits per heavy atom. The van der Waals surface area contributed by atoms with E-state index in [2.05, 4.69) is 15.3 Å². The summed E-state index contributed by atoms with van der Waals surface area (Å²) in [6.07, 6.45) is -1.14. The smallest absolute Gasteiger partial charge is 0.416 e. The first-order chi connectivity index (χ1) is 14.3. The summed E-state index contributed by atoms with van der Waals surface area (Å²) in [4.78, 5) is 19.8. The minimum absolute atomic E-state index is 0.0565. The van der Waals surface area contributed by atoms with Crippen LogP contribution in [0.2, 0.25) is 0 Å². The molecule has 2 aromatic carbocycles. The second-order valence-corrected chi connectivity index (χ2v) is 6.66. The maximum absolute atomic E-state index is 12.9. The number of carbonyl (C=O) groups excluding carboxylic acids is 1. The Kier molecular flexibility index (Phi) is 4.91. The predicted octanol–water partition coefficient (Wildman–Crippen LogP) is 5.93. The van der Waals surface area contributed by atoms with Gasteiger partial charge in [0.15, 0.2) is 0 Å². The summed E-state index contributed by atoms with van der Waals surface area (Å²) in [5.41, 5.74) is 0.949. The minimum atomic E-state index is -4.49. The van der Waals surface area contributed by atoms with E-state index in [0.29, 0.717) is 17.1 Å². The Hall–Kier alpha value is -3.81. The van der Waals surface area contributed by atoms with Gasteiger partial charge in [0.1, 0.15) is 17.1 Å². The molecule has 0 bridgehead atoms. The fourth-order valence-corrected chi connectivity index (χ4v) is 2.97. The number of H-pyrrole nitrogens is 1. The summed E-state index contributed by atoms with van der Waals surface area (Å²) in [5, 5.41) is 3.28. The van der Waals surface area contributed by atoms with E-state index in [-0.39, 0.29) is 11.3 Å². The first-order valence-corrected chi connectivity index (χ1v) is 9.00. The third-order valence-corrected chi connectivity index (χ3v) is 4.54. The zero-order valence-electron chi connectivity index (χ0n) is 15.7. The fraction of sp³-hybridized carbons (Fsp3) is 0.0909. The molecule has 0 radical (unpaired) electrons. The number of fused-ring (bicyclic) bond motifs is 1. The number of aromatic nitrogens is 2. The summed E-state index contributed by atoms with van der Waals surface area (Å²) in [7, 11) is 0. The van der Waals surface area contributed by atoms with Crippen LogP contribution in [0, 0.1) is 6.92 Å². The zero-order chi connectivity index (χ0) is 21.3. The van der Waals surface area contributed by atoms with Gasteiger partial charge in [0.25, 0.3) is 5.91 Å². The van der Waals surface area contributed by atoms with Gasteiger partial charge < -0.3 is 15.0 Å². The highest BCUT2D eigenvalue weighted by Gasteiger charge is 2.30. The summed E-state index contributed by atoms with van der Waals surface area (Å²) in [6, 6.07) is 12.9. The van der Waals surface area contributed by atoms with Crippen molar-refractivity contribution in [1.29, 1.82) is 0 Å². The highest BCUT2D eigenvalue weighted by atomic mass is 19.4. The molecule has 5 nitrogen and oxygen atoms in total. The van der Waals surface area contributed by atoms with E-state index in [1.165, 1.54) is 12.1 Å². The monoisotopic (exact) mass is 411 g/mol. The van der Waals surface area contributed by atoms with E-state index >= 15 is 0 Å². The van der Waals surface area contributed by atoms with E-state index < -0.39 is 17.6 Å². The standard InChI is InChI=1S/C22H16F3N3O2/c1-13-5-6-14(21(29)28-16-4-2-3-15(12-16)22(23,24)25)11-19(13)30-18-8-10-27-20-17(18)7-9-26-20/h2-12H,1H3,(H,26,27)(H,28,29). The van der Waals surface area contributed by atoms with Crippen LogP contribution in [0.5, 0.6) is 11.5 Å². The lowest BCUT2D eigenvalue weighted by Gasteiger charge is -2.12. The number of anilines is 1. The van der Waals surface area contributed by atoms with Gasteiger partial charge in [0.2, 0.25) is 0 Å². The van der Waals surface area contributed by atoms with E-state index in [9.17, 15) is 18.0 Å². The molecule has 4 aromatic rings. The van der Waals surface area contributed by atoms with E-state index in [1.807, 2.05) is 13.0 Å². The minimum Gasteiger partial charge on any atom is -0.456 e. The van der Waals surface area contributed by atoms with Gasteiger partial charge >= 0.3 is 6.18 Å². The second kappa shape index (κ2) is 7.55. The van der Waals surface area contributed by atoms with Crippen LogP contribution in [0.4, 0.5) is 18.9 Å². The number of hydrogen-bond donors (Lipinski definition) is 2. The molecule has 8 heteroatoms. The molecule has 0 unspecified atom stereocenters. The average Bonchev–Trinajstić information content (AvgIpc) is 3.19. The molecular weight excluding hydrogens is 395 g/mol. The first-order valence-electron chi connectivity index (χ1n) is 9.00. The topological polar surface area (TPSA) is 67.0 Å². The Balaban J connectivity index is 1.59. The number of aryl methyl sites for hydroxylation is 1. The molecule has 30 heavy (non-hydrogen) atoms. The van der Waals surface area contributed by atoms with Crippen LogP contribution < -0.4 is 10.1 Å². The lowest BCUT2D eigenvalue weighted by Crippen LogP contribution is -2.13. The zero-order valence-corrected chi connectivity index (χ0v) is 15.7. The highest BCUT2D eigenvalue weighted by molar-refractivity contribution is 6.04. The molecule has 0 fully saturated rings. The molecule has 2 aromatic heterocycles. The molecule has 4 rings (SSSR count). The molecule has 0 aliphatic heterocycles. The first kappa shape index (κ1) is 19.5. The van der Waals surface area contributed by atoms with Gasteiger partial charge in [0, 0.05) is 23.6 Å². The molecule has 152 valence electrons. The molecule has 0 spiro atoms. The highest BCUT2D eigenvalue weighted by Crippen LogP contribution is 2.32. The number of benzene rings is 2. The Morgan fingerprint density at radius 2 is 1.90 bits per heavy atom. The Bertz CT molecular complexity index is 1230. The number of halogens is 3. The van der Waals surface area contributed by atoms with E-state index in [4.69, 9.17) is 4.74 Å². The normalized spacial score (nSPS) is 11.5. The maximum Gasteiger partial charge on any atom is 0.416 e. The van der Waals surface area contributed by atoms with Crippen molar-refractivity contribution >= 4 is 22.6 Å². The van der Waals surface area contributed by atoms with E-state index in [1.54, 1.807) is 36.7 Å². The number of alkyl halides is 3. The average molecular weight is 411 g/mol. The lowest BCUT2D eigenvalue weighted by atomic mass is 10.1. The summed E-state index contributed by atoms with van der Waals surface area (Å²) in [5.74, 6) is 0.487.